The van der Waals surface area contributed by atoms with Crippen molar-refractivity contribution in [2.24, 2.45) is 5.92 Å². The minimum atomic E-state index is -1.05. The van der Waals surface area contributed by atoms with Gasteiger partial charge in [-0.2, -0.15) is 0 Å². The molecule has 0 bridgehead atoms. The maximum absolute atomic E-state index is 12.7. The molecule has 2 aromatic carbocycles. The van der Waals surface area contributed by atoms with Gasteiger partial charge in [0.25, 0.3) is 0 Å². The van der Waals surface area contributed by atoms with Crippen LogP contribution in [0.5, 0.6) is 0 Å². The molecule has 3 N–H and O–H groups in total. The molecule has 3 rings (SSSR count). The lowest BCUT2D eigenvalue weighted by Gasteiger charge is -2.23. The molecule has 0 aromatic heterocycles. The fourth-order valence-corrected chi connectivity index (χ4v) is 4.62. The summed E-state index contributed by atoms with van der Waals surface area (Å²) in [4.78, 5) is 36.9. The maximum Gasteiger partial charge on any atom is 0.407 e. The molecular weight excluding hydrogens is 444 g/mol. The maximum atomic E-state index is 12.7. The normalized spacial score (nSPS) is 14.8. The molecule has 0 fully saturated rings. The van der Waals surface area contributed by atoms with Crippen LogP contribution >= 0.6 is 0 Å². The van der Waals surface area contributed by atoms with E-state index in [1.807, 2.05) is 38.1 Å². The number of aliphatic carboxylic acids is 1. The second-order valence-electron chi connectivity index (χ2n) is 9.28. The number of carboxylic acids is 1. The van der Waals surface area contributed by atoms with Crippen LogP contribution in [0.25, 0.3) is 11.1 Å². The second-order valence-corrected chi connectivity index (χ2v) is 9.28. The summed E-state index contributed by atoms with van der Waals surface area (Å²) in [7, 11) is 0. The van der Waals surface area contributed by atoms with Crippen molar-refractivity contribution in [1.82, 2.24) is 10.6 Å². The van der Waals surface area contributed by atoms with E-state index in [4.69, 9.17) is 4.74 Å². The molecular formula is C28H36N2O5. The lowest BCUT2D eigenvalue weighted by Crippen LogP contribution is -2.47. The standard InChI is InChI=1S/C28H36N2O5/c1-4-6-11-19(16-25(31)30-26(27(32)33)18(3)5-2)29-28(34)35-17-24-22-14-9-7-12-20(22)21-13-8-10-15-23(21)24/h7-10,12-15,18-19,24,26H,4-6,11,16-17H2,1-3H3,(H,29,34)(H,30,31)(H,32,33)/t18?,19?,26-/m0/s1. The van der Waals surface area contributed by atoms with Crippen molar-refractivity contribution < 1.29 is 24.2 Å². The molecule has 2 amide bonds. The summed E-state index contributed by atoms with van der Waals surface area (Å²) in [5, 5.41) is 14.9. The molecule has 1 aliphatic rings. The first-order valence-electron chi connectivity index (χ1n) is 12.5. The Bertz CT molecular complexity index is 992. The second kappa shape index (κ2) is 12.4. The van der Waals surface area contributed by atoms with Crippen molar-refractivity contribution in [2.75, 3.05) is 6.61 Å². The Morgan fingerprint density at radius 3 is 2.11 bits per heavy atom. The van der Waals surface area contributed by atoms with Crippen LogP contribution in [0, 0.1) is 5.92 Å². The van der Waals surface area contributed by atoms with Crippen molar-refractivity contribution in [3.63, 3.8) is 0 Å². The number of carboxylic acid groups (broad SMARTS) is 1. The predicted octanol–water partition coefficient (Wildman–Crippen LogP) is 5.09. The number of hydrogen-bond acceptors (Lipinski definition) is 4. The highest BCUT2D eigenvalue weighted by Gasteiger charge is 2.30. The van der Waals surface area contributed by atoms with E-state index in [1.165, 1.54) is 0 Å². The molecule has 0 aliphatic heterocycles. The van der Waals surface area contributed by atoms with Gasteiger partial charge in [0.05, 0.1) is 0 Å². The molecule has 2 aromatic rings. The van der Waals surface area contributed by atoms with Gasteiger partial charge in [-0.05, 0) is 34.6 Å². The van der Waals surface area contributed by atoms with Crippen LogP contribution in [0.2, 0.25) is 0 Å². The van der Waals surface area contributed by atoms with Gasteiger partial charge in [-0.25, -0.2) is 9.59 Å². The molecule has 0 saturated carbocycles. The van der Waals surface area contributed by atoms with Crippen molar-refractivity contribution >= 4 is 18.0 Å². The van der Waals surface area contributed by atoms with E-state index in [0.29, 0.717) is 12.8 Å². The molecule has 2 unspecified atom stereocenters. The van der Waals surface area contributed by atoms with Crippen LogP contribution in [-0.4, -0.2) is 41.8 Å². The van der Waals surface area contributed by atoms with Crippen LogP contribution in [0.3, 0.4) is 0 Å². The van der Waals surface area contributed by atoms with Crippen LogP contribution in [-0.2, 0) is 14.3 Å². The van der Waals surface area contributed by atoms with Gasteiger partial charge < -0.3 is 20.5 Å². The van der Waals surface area contributed by atoms with Crippen molar-refractivity contribution in [3.05, 3.63) is 59.7 Å². The number of hydrogen-bond donors (Lipinski definition) is 3. The number of amides is 2. The van der Waals surface area contributed by atoms with Gasteiger partial charge in [-0.1, -0.05) is 88.6 Å². The number of alkyl carbamates (subject to hydrolysis) is 1. The van der Waals surface area contributed by atoms with E-state index in [-0.39, 0.29) is 24.9 Å². The summed E-state index contributed by atoms with van der Waals surface area (Å²) < 4.78 is 5.63. The molecule has 3 atom stereocenters. The van der Waals surface area contributed by atoms with Gasteiger partial charge in [0.2, 0.25) is 5.91 Å². The van der Waals surface area contributed by atoms with E-state index >= 15 is 0 Å². The Labute approximate surface area is 207 Å². The third kappa shape index (κ3) is 6.62. The van der Waals surface area contributed by atoms with E-state index in [0.717, 1.165) is 35.1 Å². The average Bonchev–Trinajstić information content (AvgIpc) is 3.17. The zero-order valence-corrected chi connectivity index (χ0v) is 20.8. The summed E-state index contributed by atoms with van der Waals surface area (Å²) in [6, 6.07) is 14.9. The van der Waals surface area contributed by atoms with Gasteiger partial charge >= 0.3 is 12.1 Å². The van der Waals surface area contributed by atoms with Crippen molar-refractivity contribution in [1.29, 1.82) is 0 Å². The Balaban J connectivity index is 1.61. The fraction of sp³-hybridized carbons (Fsp3) is 0.464. The highest BCUT2D eigenvalue weighted by atomic mass is 16.5. The quantitative estimate of drug-likeness (QED) is 0.392. The Morgan fingerprint density at radius 1 is 0.971 bits per heavy atom. The summed E-state index contributed by atoms with van der Waals surface area (Å²) in [6.07, 6.45) is 2.41. The summed E-state index contributed by atoms with van der Waals surface area (Å²) >= 11 is 0. The lowest BCUT2D eigenvalue weighted by atomic mass is 9.98. The largest absolute Gasteiger partial charge is 0.480 e. The molecule has 1 aliphatic carbocycles. The molecule has 0 saturated heterocycles. The van der Waals surface area contributed by atoms with Gasteiger partial charge in [0.1, 0.15) is 12.6 Å². The zero-order valence-electron chi connectivity index (χ0n) is 20.8. The molecule has 35 heavy (non-hydrogen) atoms. The zero-order chi connectivity index (χ0) is 25.4. The van der Waals surface area contributed by atoms with E-state index in [9.17, 15) is 19.5 Å². The molecule has 0 radical (unpaired) electrons. The van der Waals surface area contributed by atoms with Gasteiger partial charge in [-0.15, -0.1) is 0 Å². The lowest BCUT2D eigenvalue weighted by molar-refractivity contribution is -0.143. The fourth-order valence-electron chi connectivity index (χ4n) is 4.62. The smallest absolute Gasteiger partial charge is 0.407 e. The van der Waals surface area contributed by atoms with Crippen molar-refractivity contribution in [3.8, 4) is 11.1 Å². The molecule has 0 spiro atoms. The number of nitrogens with one attached hydrogen (secondary N) is 2. The Hall–Kier alpha value is -3.35. The summed E-state index contributed by atoms with van der Waals surface area (Å²) in [5.74, 6) is -1.68. The summed E-state index contributed by atoms with van der Waals surface area (Å²) in [6.45, 7) is 5.91. The number of unbranched alkanes of at least 4 members (excludes halogenated alkanes) is 1. The third-order valence-corrected chi connectivity index (χ3v) is 6.80. The van der Waals surface area contributed by atoms with Crippen LogP contribution in [0.1, 0.15) is 69.9 Å². The SMILES string of the molecule is CCCCC(CC(=O)N[C@H](C(=O)O)C(C)CC)NC(=O)OCC1c2ccccc2-c2ccccc21. The highest BCUT2D eigenvalue weighted by Crippen LogP contribution is 2.44. The van der Waals surface area contributed by atoms with Crippen LogP contribution in [0.15, 0.2) is 48.5 Å². The monoisotopic (exact) mass is 480 g/mol. The third-order valence-electron chi connectivity index (χ3n) is 6.80. The molecule has 0 heterocycles. The average molecular weight is 481 g/mol. The van der Waals surface area contributed by atoms with E-state index in [2.05, 4.69) is 34.9 Å². The van der Waals surface area contributed by atoms with E-state index in [1.54, 1.807) is 6.92 Å². The Morgan fingerprint density at radius 2 is 1.57 bits per heavy atom. The van der Waals surface area contributed by atoms with Crippen LogP contribution < -0.4 is 10.6 Å². The number of rotatable bonds is 12. The van der Waals surface area contributed by atoms with E-state index < -0.39 is 30.1 Å². The first kappa shape index (κ1) is 26.3. The van der Waals surface area contributed by atoms with Gasteiger partial charge in [0.15, 0.2) is 0 Å². The minimum Gasteiger partial charge on any atom is -0.480 e. The first-order valence-corrected chi connectivity index (χ1v) is 12.5. The first-order chi connectivity index (χ1) is 16.8. The molecule has 188 valence electrons. The molecule has 7 heteroatoms. The number of carbonyl (C=O) groups is 3. The predicted molar refractivity (Wildman–Crippen MR) is 135 cm³/mol. The number of ether oxygens (including phenoxy) is 1. The topological polar surface area (TPSA) is 105 Å². The van der Waals surface area contributed by atoms with Gasteiger partial charge in [0, 0.05) is 18.4 Å². The number of carbonyl (C=O) groups excluding carboxylic acids is 2. The number of fused-ring (bicyclic) bond motifs is 3. The highest BCUT2D eigenvalue weighted by molar-refractivity contribution is 5.84. The van der Waals surface area contributed by atoms with Crippen LogP contribution in [0.4, 0.5) is 4.79 Å². The molecule has 7 nitrogen and oxygen atoms in total. The number of benzene rings is 2. The summed E-state index contributed by atoms with van der Waals surface area (Å²) in [5.41, 5.74) is 4.58. The minimum absolute atomic E-state index is 0.00437. The van der Waals surface area contributed by atoms with Gasteiger partial charge in [-0.3, -0.25) is 4.79 Å². The Kier molecular flexibility index (Phi) is 9.29. The van der Waals surface area contributed by atoms with Crippen molar-refractivity contribution in [2.45, 2.75) is 70.9 Å².